The van der Waals surface area contributed by atoms with Crippen LogP contribution in [0, 0.1) is 5.41 Å². The molecule has 104 valence electrons. The molecular formula is C13H24N2O3. The quantitative estimate of drug-likeness (QED) is 0.791. The van der Waals surface area contributed by atoms with Crippen LogP contribution < -0.4 is 5.32 Å². The second-order valence-electron chi connectivity index (χ2n) is 6.01. The predicted octanol–water partition coefficient (Wildman–Crippen LogP) is 2.07. The van der Waals surface area contributed by atoms with Crippen molar-refractivity contribution in [3.8, 4) is 0 Å². The Labute approximate surface area is 109 Å². The molecule has 2 amide bonds. The molecule has 0 heterocycles. The van der Waals surface area contributed by atoms with Gasteiger partial charge in [0.05, 0.1) is 0 Å². The maximum absolute atomic E-state index is 12.1. The summed E-state index contributed by atoms with van der Waals surface area (Å²) in [5.41, 5.74) is -0.497. The van der Waals surface area contributed by atoms with Crippen LogP contribution in [-0.4, -0.2) is 40.6 Å². The number of hydrogen-bond donors (Lipinski definition) is 2. The van der Waals surface area contributed by atoms with Crippen LogP contribution in [0.25, 0.3) is 0 Å². The molecular weight excluding hydrogens is 232 g/mol. The van der Waals surface area contributed by atoms with Crippen LogP contribution in [0.15, 0.2) is 0 Å². The van der Waals surface area contributed by atoms with Crippen LogP contribution in [-0.2, 0) is 4.79 Å². The van der Waals surface area contributed by atoms with E-state index in [4.69, 9.17) is 0 Å². The van der Waals surface area contributed by atoms with Gasteiger partial charge >= 0.3 is 12.0 Å². The summed E-state index contributed by atoms with van der Waals surface area (Å²) in [6.45, 7) is 8.14. The van der Waals surface area contributed by atoms with E-state index in [-0.39, 0.29) is 6.03 Å². The Bertz CT molecular complexity index is 319. The zero-order chi connectivity index (χ0) is 13.9. The van der Waals surface area contributed by atoms with E-state index < -0.39 is 17.4 Å². The molecule has 0 aromatic carbocycles. The highest BCUT2D eigenvalue weighted by Gasteiger charge is 2.37. The maximum Gasteiger partial charge on any atom is 0.326 e. The Hall–Kier alpha value is -1.26. The molecule has 2 N–H and O–H groups in total. The molecule has 1 fully saturated rings. The first-order chi connectivity index (χ1) is 8.27. The first kappa shape index (κ1) is 14.8. The van der Waals surface area contributed by atoms with Crippen molar-refractivity contribution in [2.24, 2.45) is 5.41 Å². The van der Waals surface area contributed by atoms with Crippen LogP contribution >= 0.6 is 0 Å². The van der Waals surface area contributed by atoms with Crippen LogP contribution in [0.4, 0.5) is 4.79 Å². The molecule has 5 heteroatoms. The van der Waals surface area contributed by atoms with Gasteiger partial charge in [0, 0.05) is 12.6 Å². The van der Waals surface area contributed by atoms with Crippen LogP contribution in [0.2, 0.25) is 0 Å². The standard InChI is InChI=1S/C13H24N2O3/c1-5-8-15(9-6-7-9)12(18)14-10(11(16)17)13(2,3)4/h9-10H,5-8H2,1-4H3,(H,14,18)(H,16,17). The predicted molar refractivity (Wildman–Crippen MR) is 69.4 cm³/mol. The van der Waals surface area contributed by atoms with Gasteiger partial charge in [-0.05, 0) is 24.7 Å². The number of hydrogen-bond acceptors (Lipinski definition) is 2. The highest BCUT2D eigenvalue weighted by atomic mass is 16.4. The molecule has 18 heavy (non-hydrogen) atoms. The van der Waals surface area contributed by atoms with Gasteiger partial charge < -0.3 is 15.3 Å². The minimum absolute atomic E-state index is 0.248. The first-order valence-corrected chi connectivity index (χ1v) is 6.57. The van der Waals surface area contributed by atoms with Crippen molar-refractivity contribution in [2.45, 2.75) is 59.0 Å². The Morgan fingerprint density at radius 2 is 1.94 bits per heavy atom. The van der Waals surface area contributed by atoms with Gasteiger partial charge in [0.1, 0.15) is 6.04 Å². The van der Waals surface area contributed by atoms with Crippen molar-refractivity contribution >= 4 is 12.0 Å². The number of aliphatic carboxylic acids is 1. The molecule has 0 bridgehead atoms. The SMILES string of the molecule is CCCN(C(=O)NC(C(=O)O)C(C)(C)C)C1CC1. The van der Waals surface area contributed by atoms with Crippen LogP contribution in [0.1, 0.15) is 47.0 Å². The zero-order valence-corrected chi connectivity index (χ0v) is 11.7. The molecule has 0 saturated heterocycles. The summed E-state index contributed by atoms with van der Waals surface area (Å²) in [6.07, 6.45) is 2.94. The fraction of sp³-hybridized carbons (Fsp3) is 0.846. The third-order valence-corrected chi connectivity index (χ3v) is 3.09. The Morgan fingerprint density at radius 1 is 1.39 bits per heavy atom. The van der Waals surface area contributed by atoms with Crippen molar-refractivity contribution in [3.63, 3.8) is 0 Å². The summed E-state index contributed by atoms with van der Waals surface area (Å²) >= 11 is 0. The first-order valence-electron chi connectivity index (χ1n) is 6.57. The van der Waals surface area contributed by atoms with Gasteiger partial charge in [-0.15, -0.1) is 0 Å². The van der Waals surface area contributed by atoms with Gasteiger partial charge in [-0.2, -0.15) is 0 Å². The molecule has 0 aromatic rings. The number of carboxylic acids is 1. The average molecular weight is 256 g/mol. The summed E-state index contributed by atoms with van der Waals surface area (Å²) in [4.78, 5) is 25.1. The number of urea groups is 1. The van der Waals surface area contributed by atoms with Crippen LogP contribution in [0.5, 0.6) is 0 Å². The minimum atomic E-state index is -0.983. The largest absolute Gasteiger partial charge is 0.480 e. The lowest BCUT2D eigenvalue weighted by molar-refractivity contribution is -0.142. The number of rotatable bonds is 5. The van der Waals surface area contributed by atoms with E-state index >= 15 is 0 Å². The fourth-order valence-electron chi connectivity index (χ4n) is 1.93. The maximum atomic E-state index is 12.1. The van der Waals surface area contributed by atoms with E-state index in [1.807, 2.05) is 27.7 Å². The van der Waals surface area contributed by atoms with Gasteiger partial charge in [-0.25, -0.2) is 9.59 Å². The number of carbonyl (C=O) groups is 2. The third kappa shape index (κ3) is 3.89. The third-order valence-electron chi connectivity index (χ3n) is 3.09. The van der Waals surface area contributed by atoms with Crippen molar-refractivity contribution in [3.05, 3.63) is 0 Å². The van der Waals surface area contributed by atoms with E-state index in [1.54, 1.807) is 4.90 Å². The lowest BCUT2D eigenvalue weighted by Gasteiger charge is -2.31. The molecule has 1 saturated carbocycles. The Balaban J connectivity index is 2.67. The summed E-state index contributed by atoms with van der Waals surface area (Å²) in [5.74, 6) is -0.983. The molecule has 1 unspecified atom stereocenters. The van der Waals surface area contributed by atoms with Crippen LogP contribution in [0.3, 0.4) is 0 Å². The van der Waals surface area contributed by atoms with Crippen molar-refractivity contribution in [1.29, 1.82) is 0 Å². The highest BCUT2D eigenvalue weighted by molar-refractivity contribution is 5.83. The molecule has 5 nitrogen and oxygen atoms in total. The smallest absolute Gasteiger partial charge is 0.326 e. The average Bonchev–Trinajstić information content (AvgIpc) is 3.03. The lowest BCUT2D eigenvalue weighted by atomic mass is 9.87. The number of nitrogens with zero attached hydrogens (tertiary/aromatic N) is 1. The summed E-state index contributed by atoms with van der Waals surface area (Å²) in [5, 5.41) is 11.8. The number of carbonyl (C=O) groups excluding carboxylic acids is 1. The molecule has 0 radical (unpaired) electrons. The molecule has 0 aliphatic heterocycles. The normalized spacial score (nSPS) is 17.1. The monoisotopic (exact) mass is 256 g/mol. The van der Waals surface area contributed by atoms with Gasteiger partial charge in [-0.3, -0.25) is 0 Å². The minimum Gasteiger partial charge on any atom is -0.480 e. The second-order valence-corrected chi connectivity index (χ2v) is 6.01. The fourth-order valence-corrected chi connectivity index (χ4v) is 1.93. The van der Waals surface area contributed by atoms with E-state index in [2.05, 4.69) is 5.32 Å². The Morgan fingerprint density at radius 3 is 2.28 bits per heavy atom. The second kappa shape index (κ2) is 5.59. The molecule has 1 aliphatic rings. The summed E-state index contributed by atoms with van der Waals surface area (Å²) in [6, 6.07) is -0.802. The molecule has 1 atom stereocenters. The lowest BCUT2D eigenvalue weighted by Crippen LogP contribution is -2.53. The molecule has 0 aromatic heterocycles. The number of carboxylic acid groups (broad SMARTS) is 1. The van der Waals surface area contributed by atoms with E-state index in [0.29, 0.717) is 12.6 Å². The van der Waals surface area contributed by atoms with E-state index in [0.717, 1.165) is 19.3 Å². The van der Waals surface area contributed by atoms with Crippen molar-refractivity contribution in [2.75, 3.05) is 6.54 Å². The van der Waals surface area contributed by atoms with Crippen molar-refractivity contribution in [1.82, 2.24) is 10.2 Å². The Kier molecular flexibility index (Phi) is 4.59. The topological polar surface area (TPSA) is 69.6 Å². The summed E-state index contributed by atoms with van der Waals surface area (Å²) in [7, 11) is 0. The molecule has 1 aliphatic carbocycles. The number of nitrogens with one attached hydrogen (secondary N) is 1. The van der Waals surface area contributed by atoms with Crippen molar-refractivity contribution < 1.29 is 14.7 Å². The van der Waals surface area contributed by atoms with Gasteiger partial charge in [-0.1, -0.05) is 27.7 Å². The zero-order valence-electron chi connectivity index (χ0n) is 11.7. The molecule has 0 spiro atoms. The summed E-state index contributed by atoms with van der Waals surface area (Å²) < 4.78 is 0. The highest BCUT2D eigenvalue weighted by Crippen LogP contribution is 2.27. The number of amides is 2. The van der Waals surface area contributed by atoms with E-state index in [1.165, 1.54) is 0 Å². The molecule has 1 rings (SSSR count). The van der Waals surface area contributed by atoms with Gasteiger partial charge in [0.2, 0.25) is 0 Å². The van der Waals surface area contributed by atoms with Gasteiger partial charge in [0.15, 0.2) is 0 Å². The van der Waals surface area contributed by atoms with Gasteiger partial charge in [0.25, 0.3) is 0 Å². The van der Waals surface area contributed by atoms with E-state index in [9.17, 15) is 14.7 Å².